The molecule has 0 saturated heterocycles. The lowest BCUT2D eigenvalue weighted by Crippen LogP contribution is -2.32. The van der Waals surface area contributed by atoms with Gasteiger partial charge in [-0.3, -0.25) is 0 Å². The van der Waals surface area contributed by atoms with Gasteiger partial charge >= 0.3 is 0 Å². The molecule has 1 N–H and O–H groups in total. The average molecular weight is 182 g/mol. The van der Waals surface area contributed by atoms with Crippen molar-refractivity contribution in [2.24, 2.45) is 11.3 Å². The molecule has 12 heavy (non-hydrogen) atoms. The molecule has 0 heterocycles. The molecule has 0 aliphatic heterocycles. The highest BCUT2D eigenvalue weighted by Crippen LogP contribution is 2.61. The van der Waals surface area contributed by atoms with Crippen molar-refractivity contribution < 1.29 is 4.80 Å². The molecule has 1 nitrogen and oxygen atoms in total. The molecule has 2 aliphatic rings. The van der Waals surface area contributed by atoms with Gasteiger partial charge in [0.1, 0.15) is 0 Å². The monoisotopic (exact) mass is 182 g/mol. The third-order valence-corrected chi connectivity index (χ3v) is 5.51. The molecule has 2 unspecified atom stereocenters. The number of allylic oxidation sites excluding steroid dienone is 2. The Morgan fingerprint density at radius 3 is 2.67 bits per heavy atom. The third kappa shape index (κ3) is 0.943. The first kappa shape index (κ1) is 8.51. The normalized spacial score (nSPS) is 40.4. The van der Waals surface area contributed by atoms with E-state index < -0.39 is 9.76 Å². The minimum Gasteiger partial charge on any atom is -0.438 e. The van der Waals surface area contributed by atoms with E-state index in [4.69, 9.17) is 0 Å². The average Bonchev–Trinajstić information content (AvgIpc) is 2.64. The van der Waals surface area contributed by atoms with Gasteiger partial charge in [0.05, 0.1) is 0 Å². The van der Waals surface area contributed by atoms with E-state index in [-0.39, 0.29) is 5.04 Å². The van der Waals surface area contributed by atoms with Crippen molar-refractivity contribution >= 4 is 9.76 Å². The van der Waals surface area contributed by atoms with E-state index in [2.05, 4.69) is 26.0 Å². The van der Waals surface area contributed by atoms with E-state index in [1.165, 1.54) is 19.3 Å². The second-order valence-corrected chi connectivity index (χ2v) is 7.14. The molecule has 2 bridgehead atoms. The summed E-state index contributed by atoms with van der Waals surface area (Å²) >= 11 is 0. The Morgan fingerprint density at radius 1 is 1.58 bits per heavy atom. The summed E-state index contributed by atoms with van der Waals surface area (Å²) in [7, 11) is -0.880. The summed E-state index contributed by atoms with van der Waals surface area (Å²) in [4.78, 5) is 9.47. The number of hydrogen-bond acceptors (Lipinski definition) is 1. The third-order valence-electron chi connectivity index (χ3n) is 4.02. The summed E-state index contributed by atoms with van der Waals surface area (Å²) in [5, 5.41) is 0.217. The van der Waals surface area contributed by atoms with Gasteiger partial charge in [0.2, 0.25) is 0 Å². The molecule has 2 aliphatic carbocycles. The summed E-state index contributed by atoms with van der Waals surface area (Å²) in [5.41, 5.74) is 0.388. The lowest BCUT2D eigenvalue weighted by molar-refractivity contribution is 0.277. The lowest BCUT2D eigenvalue weighted by atomic mass is 9.76. The van der Waals surface area contributed by atoms with Crippen LogP contribution in [0.4, 0.5) is 0 Å². The van der Waals surface area contributed by atoms with Gasteiger partial charge in [-0.25, -0.2) is 0 Å². The maximum Gasteiger partial charge on any atom is 0.163 e. The highest BCUT2D eigenvalue weighted by molar-refractivity contribution is 6.30. The topological polar surface area (TPSA) is 20.2 Å². The molecule has 68 valence electrons. The molecule has 0 aromatic rings. The van der Waals surface area contributed by atoms with Crippen LogP contribution < -0.4 is 0 Å². The van der Waals surface area contributed by atoms with Crippen molar-refractivity contribution in [2.45, 2.75) is 38.1 Å². The summed E-state index contributed by atoms with van der Waals surface area (Å²) < 4.78 is 0. The molecule has 0 amide bonds. The van der Waals surface area contributed by atoms with Crippen molar-refractivity contribution in [1.29, 1.82) is 0 Å². The molecule has 0 spiro atoms. The fraction of sp³-hybridized carbons (Fsp3) is 0.800. The van der Waals surface area contributed by atoms with Gasteiger partial charge in [-0.2, -0.15) is 0 Å². The zero-order valence-electron chi connectivity index (χ0n) is 8.01. The predicted octanol–water partition coefficient (Wildman–Crippen LogP) is 1.62. The summed E-state index contributed by atoms with van der Waals surface area (Å²) in [6.45, 7) is 4.49. The highest BCUT2D eigenvalue weighted by atomic mass is 28.2. The highest BCUT2D eigenvalue weighted by Gasteiger charge is 2.50. The Hall–Kier alpha value is -0.0831. The van der Waals surface area contributed by atoms with E-state index in [9.17, 15) is 4.80 Å². The van der Waals surface area contributed by atoms with E-state index in [1.54, 1.807) is 0 Å². The Morgan fingerprint density at radius 2 is 2.33 bits per heavy atom. The first-order valence-corrected chi connectivity index (χ1v) is 6.24. The first-order chi connectivity index (χ1) is 5.60. The van der Waals surface area contributed by atoms with Crippen LogP contribution in [-0.2, 0) is 0 Å². The molecule has 2 heteroatoms. The second-order valence-electron chi connectivity index (χ2n) is 5.06. The van der Waals surface area contributed by atoms with Crippen molar-refractivity contribution in [3.05, 3.63) is 12.2 Å². The Balaban J connectivity index is 2.27. The molecule has 1 fully saturated rings. The van der Waals surface area contributed by atoms with E-state index in [1.807, 2.05) is 0 Å². The number of hydrogen-bond donors (Lipinski definition) is 1. The van der Waals surface area contributed by atoms with Crippen LogP contribution in [-0.4, -0.2) is 14.6 Å². The Bertz CT molecular complexity index is 222. The number of fused-ring (bicyclic) bond motifs is 2. The SMILES string of the molecule is CC(C)([SiH2]O)C12C=CC(CC1)C2. The van der Waals surface area contributed by atoms with Gasteiger partial charge in [-0.05, 0) is 35.6 Å². The van der Waals surface area contributed by atoms with Gasteiger partial charge in [-0.1, -0.05) is 26.0 Å². The van der Waals surface area contributed by atoms with Gasteiger partial charge in [0.15, 0.2) is 9.76 Å². The van der Waals surface area contributed by atoms with Gasteiger partial charge in [-0.15, -0.1) is 0 Å². The minimum absolute atomic E-state index is 0.217. The molecule has 0 aromatic heterocycles. The van der Waals surface area contributed by atoms with E-state index >= 15 is 0 Å². The smallest absolute Gasteiger partial charge is 0.163 e. The Kier molecular flexibility index (Phi) is 1.74. The van der Waals surface area contributed by atoms with Crippen molar-refractivity contribution in [3.8, 4) is 0 Å². The molecule has 0 aromatic carbocycles. The van der Waals surface area contributed by atoms with Crippen molar-refractivity contribution in [1.82, 2.24) is 0 Å². The maximum atomic E-state index is 9.47. The van der Waals surface area contributed by atoms with Gasteiger partial charge < -0.3 is 4.80 Å². The molecule has 2 rings (SSSR count). The van der Waals surface area contributed by atoms with Crippen LogP contribution in [0, 0.1) is 11.3 Å². The Labute approximate surface area is 76.8 Å². The van der Waals surface area contributed by atoms with Gasteiger partial charge in [0.25, 0.3) is 0 Å². The standard InChI is InChI=1S/C10H18OSi/c1-9(2,12-11)10-5-3-8(7-10)4-6-10/h3,5,8,11H,4,6-7,12H2,1-2H3. The molecule has 0 radical (unpaired) electrons. The van der Waals surface area contributed by atoms with Crippen molar-refractivity contribution in [2.75, 3.05) is 0 Å². The molecular weight excluding hydrogens is 164 g/mol. The van der Waals surface area contributed by atoms with Crippen LogP contribution in [0.5, 0.6) is 0 Å². The van der Waals surface area contributed by atoms with Crippen LogP contribution in [0.25, 0.3) is 0 Å². The zero-order chi connectivity index (χ0) is 8.82. The van der Waals surface area contributed by atoms with Gasteiger partial charge in [0, 0.05) is 0 Å². The number of rotatable bonds is 2. The second kappa shape index (κ2) is 2.45. The van der Waals surface area contributed by atoms with Crippen LogP contribution in [0.3, 0.4) is 0 Å². The maximum absolute atomic E-state index is 9.47. The largest absolute Gasteiger partial charge is 0.438 e. The summed E-state index contributed by atoms with van der Waals surface area (Å²) in [6.07, 6.45) is 8.75. The summed E-state index contributed by atoms with van der Waals surface area (Å²) in [5.74, 6) is 0.838. The molecule has 2 atom stereocenters. The van der Waals surface area contributed by atoms with Crippen molar-refractivity contribution in [3.63, 3.8) is 0 Å². The lowest BCUT2D eigenvalue weighted by Gasteiger charge is -2.39. The molecular formula is C10H18OSi. The van der Waals surface area contributed by atoms with Crippen LogP contribution in [0.2, 0.25) is 5.04 Å². The van der Waals surface area contributed by atoms with E-state index in [0.717, 1.165) is 5.92 Å². The van der Waals surface area contributed by atoms with Crippen LogP contribution in [0.15, 0.2) is 12.2 Å². The fourth-order valence-corrected chi connectivity index (χ4v) is 3.50. The first-order valence-electron chi connectivity index (χ1n) is 4.90. The quantitative estimate of drug-likeness (QED) is 0.508. The molecule has 1 saturated carbocycles. The van der Waals surface area contributed by atoms with Crippen LogP contribution in [0.1, 0.15) is 33.1 Å². The van der Waals surface area contributed by atoms with Crippen LogP contribution >= 0.6 is 0 Å². The van der Waals surface area contributed by atoms with E-state index in [0.29, 0.717) is 5.41 Å². The predicted molar refractivity (Wildman–Crippen MR) is 53.7 cm³/mol. The fourth-order valence-electron chi connectivity index (χ4n) is 2.75. The summed E-state index contributed by atoms with van der Waals surface area (Å²) in [6, 6.07) is 0. The minimum atomic E-state index is -0.880. The zero-order valence-corrected chi connectivity index (χ0v) is 9.42.